The third kappa shape index (κ3) is 3.59. The Hall–Kier alpha value is -0.780. The molecule has 1 aromatic heterocycles. The summed E-state index contributed by atoms with van der Waals surface area (Å²) in [4.78, 5) is 8.82. The van der Waals surface area contributed by atoms with Gasteiger partial charge in [-0.05, 0) is 52.8 Å². The quantitative estimate of drug-likeness (QED) is 0.618. The van der Waals surface area contributed by atoms with Crippen molar-refractivity contribution in [1.29, 1.82) is 0 Å². The molecule has 0 saturated carbocycles. The average molecular weight is 287 g/mol. The van der Waals surface area contributed by atoms with Crippen molar-refractivity contribution in [3.05, 3.63) is 47.0 Å². The average Bonchev–Trinajstić information content (AvgIpc) is 2.28. The molecule has 0 aliphatic heterocycles. The summed E-state index contributed by atoms with van der Waals surface area (Å²) in [5.74, 6) is -0.331. The Labute approximate surface area is 111 Å². The minimum atomic E-state index is -0.331. The summed E-state index contributed by atoms with van der Waals surface area (Å²) in [6.07, 6.45) is 1.68. The Morgan fingerprint density at radius 2 is 2.06 bits per heavy atom. The summed E-state index contributed by atoms with van der Waals surface area (Å²) < 4.78 is 13.5. The second-order valence-electron chi connectivity index (χ2n) is 3.22. The molecular formula is C11H8ClFN2S2. The standard InChI is InChI=1S/C11H8ClFN2S2/c1-7-4-5-14-11(15-7)17-16-10-3-2-8(12)6-9(10)13/h2-6H,1H3. The molecule has 1 aromatic carbocycles. The molecule has 0 amide bonds. The summed E-state index contributed by atoms with van der Waals surface area (Å²) in [6, 6.07) is 6.41. The fourth-order valence-corrected chi connectivity index (χ4v) is 3.10. The first-order valence-corrected chi connectivity index (χ1v) is 7.27. The molecule has 2 aromatic rings. The molecule has 2 nitrogen and oxygen atoms in total. The number of hydrogen-bond acceptors (Lipinski definition) is 4. The van der Waals surface area contributed by atoms with Gasteiger partial charge in [0.05, 0.1) is 4.90 Å². The van der Waals surface area contributed by atoms with Crippen molar-refractivity contribution < 1.29 is 4.39 Å². The van der Waals surface area contributed by atoms with Crippen molar-refractivity contribution in [1.82, 2.24) is 9.97 Å². The van der Waals surface area contributed by atoms with E-state index in [9.17, 15) is 4.39 Å². The number of nitrogens with zero attached hydrogens (tertiary/aromatic N) is 2. The lowest BCUT2D eigenvalue weighted by Crippen LogP contribution is -1.86. The van der Waals surface area contributed by atoms with Gasteiger partial charge in [0.15, 0.2) is 5.16 Å². The normalized spacial score (nSPS) is 10.5. The Morgan fingerprint density at radius 3 is 2.76 bits per heavy atom. The summed E-state index contributed by atoms with van der Waals surface area (Å²) in [5.41, 5.74) is 0.889. The fourth-order valence-electron chi connectivity index (χ4n) is 1.09. The van der Waals surface area contributed by atoms with Gasteiger partial charge < -0.3 is 0 Å². The van der Waals surface area contributed by atoms with E-state index in [1.807, 2.05) is 13.0 Å². The van der Waals surface area contributed by atoms with Crippen LogP contribution in [0.25, 0.3) is 0 Å². The van der Waals surface area contributed by atoms with Crippen LogP contribution in [0.15, 0.2) is 40.5 Å². The zero-order chi connectivity index (χ0) is 12.3. The molecule has 2 rings (SSSR count). The van der Waals surface area contributed by atoms with Crippen LogP contribution in [-0.2, 0) is 0 Å². The number of benzene rings is 1. The lowest BCUT2D eigenvalue weighted by atomic mass is 10.3. The van der Waals surface area contributed by atoms with Crippen LogP contribution in [0.3, 0.4) is 0 Å². The van der Waals surface area contributed by atoms with Crippen molar-refractivity contribution >= 4 is 33.2 Å². The maximum absolute atomic E-state index is 13.5. The second kappa shape index (κ2) is 5.71. The predicted octanol–water partition coefficient (Wildman–Crippen LogP) is 4.38. The highest BCUT2D eigenvalue weighted by atomic mass is 35.5. The maximum atomic E-state index is 13.5. The van der Waals surface area contributed by atoms with Gasteiger partial charge >= 0.3 is 0 Å². The first-order chi connectivity index (χ1) is 8.15. The lowest BCUT2D eigenvalue weighted by molar-refractivity contribution is 0.602. The van der Waals surface area contributed by atoms with Gasteiger partial charge in [-0.25, -0.2) is 14.4 Å². The van der Waals surface area contributed by atoms with E-state index in [-0.39, 0.29) is 5.82 Å². The van der Waals surface area contributed by atoms with Crippen LogP contribution in [-0.4, -0.2) is 9.97 Å². The van der Waals surface area contributed by atoms with Crippen LogP contribution >= 0.6 is 33.2 Å². The predicted molar refractivity (Wildman–Crippen MR) is 69.9 cm³/mol. The van der Waals surface area contributed by atoms with E-state index in [0.717, 1.165) is 5.69 Å². The fraction of sp³-hybridized carbons (Fsp3) is 0.0909. The number of rotatable bonds is 3. The molecule has 0 aliphatic rings. The van der Waals surface area contributed by atoms with E-state index < -0.39 is 0 Å². The summed E-state index contributed by atoms with van der Waals surface area (Å²) in [5, 5.41) is 1.01. The monoisotopic (exact) mass is 286 g/mol. The van der Waals surface area contributed by atoms with Crippen molar-refractivity contribution in [2.75, 3.05) is 0 Å². The second-order valence-corrected chi connectivity index (χ2v) is 5.80. The first-order valence-electron chi connectivity index (χ1n) is 4.74. The van der Waals surface area contributed by atoms with E-state index in [2.05, 4.69) is 9.97 Å². The third-order valence-electron chi connectivity index (χ3n) is 1.87. The van der Waals surface area contributed by atoms with Crippen molar-refractivity contribution in [2.24, 2.45) is 0 Å². The largest absolute Gasteiger partial charge is 0.230 e. The molecular weight excluding hydrogens is 279 g/mol. The molecule has 6 heteroatoms. The molecule has 0 atom stereocenters. The SMILES string of the molecule is Cc1ccnc(SSc2ccc(Cl)cc2F)n1. The molecule has 0 unspecified atom stereocenters. The van der Waals surface area contributed by atoms with Crippen molar-refractivity contribution in [2.45, 2.75) is 17.0 Å². The molecule has 0 fully saturated rings. The van der Waals surface area contributed by atoms with Crippen molar-refractivity contribution in [3.8, 4) is 0 Å². The van der Waals surface area contributed by atoms with Gasteiger partial charge in [0.25, 0.3) is 0 Å². The minimum Gasteiger partial charge on any atom is -0.230 e. The zero-order valence-electron chi connectivity index (χ0n) is 8.85. The molecule has 17 heavy (non-hydrogen) atoms. The van der Waals surface area contributed by atoms with E-state index in [0.29, 0.717) is 15.1 Å². The maximum Gasteiger partial charge on any atom is 0.198 e. The van der Waals surface area contributed by atoms with Gasteiger partial charge in [0, 0.05) is 16.9 Å². The van der Waals surface area contributed by atoms with E-state index in [1.54, 1.807) is 18.3 Å². The van der Waals surface area contributed by atoms with Gasteiger partial charge in [-0.1, -0.05) is 11.6 Å². The molecule has 0 bridgehead atoms. The highest BCUT2D eigenvalue weighted by Crippen LogP contribution is 2.37. The zero-order valence-corrected chi connectivity index (χ0v) is 11.2. The Kier molecular flexibility index (Phi) is 4.25. The van der Waals surface area contributed by atoms with Gasteiger partial charge in [-0.2, -0.15) is 0 Å². The van der Waals surface area contributed by atoms with E-state index in [4.69, 9.17) is 11.6 Å². The van der Waals surface area contributed by atoms with Crippen LogP contribution in [0.2, 0.25) is 5.02 Å². The first kappa shape index (κ1) is 12.7. The molecule has 0 aliphatic carbocycles. The third-order valence-corrected chi connectivity index (χ3v) is 4.28. The van der Waals surface area contributed by atoms with E-state index >= 15 is 0 Å². The summed E-state index contributed by atoms with van der Waals surface area (Å²) >= 11 is 5.67. The number of halogens is 2. The molecule has 0 N–H and O–H groups in total. The molecule has 0 radical (unpaired) electrons. The minimum absolute atomic E-state index is 0.331. The molecule has 88 valence electrons. The molecule has 0 spiro atoms. The van der Waals surface area contributed by atoms with Gasteiger partial charge in [0.1, 0.15) is 5.82 Å². The van der Waals surface area contributed by atoms with Gasteiger partial charge in [0.2, 0.25) is 0 Å². The molecule has 0 saturated heterocycles. The van der Waals surface area contributed by atoms with Gasteiger partial charge in [-0.15, -0.1) is 0 Å². The highest BCUT2D eigenvalue weighted by Gasteiger charge is 2.06. The van der Waals surface area contributed by atoms with Crippen LogP contribution in [0.1, 0.15) is 5.69 Å². The van der Waals surface area contributed by atoms with E-state index in [1.165, 1.54) is 27.7 Å². The number of aryl methyl sites for hydroxylation is 1. The summed E-state index contributed by atoms with van der Waals surface area (Å²) in [7, 11) is 2.59. The van der Waals surface area contributed by atoms with Crippen LogP contribution in [0, 0.1) is 12.7 Å². The molecule has 1 heterocycles. The smallest absolute Gasteiger partial charge is 0.198 e. The number of aromatic nitrogens is 2. The highest BCUT2D eigenvalue weighted by molar-refractivity contribution is 8.76. The van der Waals surface area contributed by atoms with Crippen LogP contribution in [0.5, 0.6) is 0 Å². The van der Waals surface area contributed by atoms with Crippen molar-refractivity contribution in [3.63, 3.8) is 0 Å². The topological polar surface area (TPSA) is 25.8 Å². The lowest BCUT2D eigenvalue weighted by Gasteiger charge is -2.02. The van der Waals surface area contributed by atoms with Crippen LogP contribution in [0.4, 0.5) is 4.39 Å². The Balaban J connectivity index is 2.07. The Bertz CT molecular complexity index is 537. The Morgan fingerprint density at radius 1 is 1.24 bits per heavy atom. The number of hydrogen-bond donors (Lipinski definition) is 0. The van der Waals surface area contributed by atoms with Crippen LogP contribution < -0.4 is 0 Å². The van der Waals surface area contributed by atoms with Gasteiger partial charge in [-0.3, -0.25) is 0 Å². The summed E-state index contributed by atoms with van der Waals surface area (Å²) in [6.45, 7) is 1.89.